The van der Waals surface area contributed by atoms with E-state index in [2.05, 4.69) is 0 Å². The number of hydrogen-bond donors (Lipinski definition) is 0. The third-order valence-corrected chi connectivity index (χ3v) is 2.13. The minimum atomic E-state index is -0.131. The predicted molar refractivity (Wildman–Crippen MR) is 60.0 cm³/mol. The van der Waals surface area contributed by atoms with Crippen molar-refractivity contribution in [2.24, 2.45) is 0 Å². The summed E-state index contributed by atoms with van der Waals surface area (Å²) in [6, 6.07) is 11.1. The van der Waals surface area contributed by atoms with Crippen LogP contribution in [0.25, 0.3) is 10.8 Å². The molecule has 0 unspecified atom stereocenters. The summed E-state index contributed by atoms with van der Waals surface area (Å²) in [5.74, 6) is -0.131. The van der Waals surface area contributed by atoms with Crippen LogP contribution in [-0.4, -0.2) is 0 Å². The van der Waals surface area contributed by atoms with E-state index in [0.717, 1.165) is 16.3 Å². The molecule has 0 heterocycles. The summed E-state index contributed by atoms with van der Waals surface area (Å²) in [5, 5.41) is 2.09. The van der Waals surface area contributed by atoms with Gasteiger partial charge in [0.1, 0.15) is 5.82 Å². The predicted octanol–water partition coefficient (Wildman–Crippen LogP) is 4.31. The number of aryl methyl sites for hydroxylation is 1. The van der Waals surface area contributed by atoms with Gasteiger partial charge in [-0.25, -0.2) is 4.39 Å². The van der Waals surface area contributed by atoms with Gasteiger partial charge in [0.2, 0.25) is 0 Å². The molecule has 0 saturated carbocycles. The largest absolute Gasteiger partial charge is 0.207 e. The van der Waals surface area contributed by atoms with Crippen LogP contribution in [0.5, 0.6) is 0 Å². The van der Waals surface area contributed by atoms with Crippen molar-refractivity contribution < 1.29 is 4.39 Å². The Morgan fingerprint density at radius 3 is 2.29 bits per heavy atom. The van der Waals surface area contributed by atoms with Crippen LogP contribution in [0.2, 0.25) is 0 Å². The number of rotatable bonds is 0. The van der Waals surface area contributed by atoms with Crippen molar-refractivity contribution in [1.29, 1.82) is 0 Å². The van der Waals surface area contributed by atoms with Gasteiger partial charge in [0, 0.05) is 0 Å². The summed E-state index contributed by atoms with van der Waals surface area (Å²) in [4.78, 5) is 0. The Kier molecular flexibility index (Phi) is 3.63. The first-order chi connectivity index (χ1) is 6.79. The summed E-state index contributed by atoms with van der Waals surface area (Å²) >= 11 is 0. The van der Waals surface area contributed by atoms with Gasteiger partial charge >= 0.3 is 0 Å². The molecule has 2 aromatic rings. The van der Waals surface area contributed by atoms with Crippen LogP contribution >= 0.6 is 0 Å². The zero-order chi connectivity index (χ0) is 10.6. The van der Waals surface area contributed by atoms with Crippen molar-refractivity contribution in [2.75, 3.05) is 0 Å². The van der Waals surface area contributed by atoms with E-state index in [0.29, 0.717) is 0 Å². The Bertz CT molecular complexity index is 419. The van der Waals surface area contributed by atoms with Gasteiger partial charge in [-0.05, 0) is 29.3 Å². The highest BCUT2D eigenvalue weighted by Gasteiger charge is 2.00. The molecular weight excluding hydrogens is 175 g/mol. The van der Waals surface area contributed by atoms with E-state index < -0.39 is 0 Å². The van der Waals surface area contributed by atoms with Crippen LogP contribution in [0.1, 0.15) is 19.4 Å². The molecule has 0 atom stereocenters. The maximum atomic E-state index is 13.0. The molecule has 0 saturated heterocycles. The standard InChI is InChI=1S/C11H9F.C2H6/c1-8-10-5-3-2-4-9(10)6-7-11(8)12;1-2/h2-7H,1H3;1-2H3. The molecule has 0 aromatic heterocycles. The van der Waals surface area contributed by atoms with Gasteiger partial charge in [-0.2, -0.15) is 0 Å². The van der Waals surface area contributed by atoms with Crippen LogP contribution < -0.4 is 0 Å². The lowest BCUT2D eigenvalue weighted by molar-refractivity contribution is 0.621. The molecule has 74 valence electrons. The van der Waals surface area contributed by atoms with Crippen LogP contribution in [0.15, 0.2) is 36.4 Å². The van der Waals surface area contributed by atoms with Crippen molar-refractivity contribution in [1.82, 2.24) is 0 Å². The van der Waals surface area contributed by atoms with Gasteiger partial charge in [-0.15, -0.1) is 0 Å². The fourth-order valence-corrected chi connectivity index (χ4v) is 1.40. The lowest BCUT2D eigenvalue weighted by Gasteiger charge is -2.01. The summed E-state index contributed by atoms with van der Waals surface area (Å²) in [6.07, 6.45) is 0. The van der Waals surface area contributed by atoms with Crippen LogP contribution in [-0.2, 0) is 0 Å². The molecule has 14 heavy (non-hydrogen) atoms. The highest BCUT2D eigenvalue weighted by Crippen LogP contribution is 2.19. The Hall–Kier alpha value is -1.37. The number of fused-ring (bicyclic) bond motifs is 1. The van der Waals surface area contributed by atoms with Crippen molar-refractivity contribution in [3.05, 3.63) is 47.8 Å². The lowest BCUT2D eigenvalue weighted by Crippen LogP contribution is -1.83. The van der Waals surface area contributed by atoms with Crippen molar-refractivity contribution in [3.63, 3.8) is 0 Å². The van der Waals surface area contributed by atoms with Gasteiger partial charge in [-0.3, -0.25) is 0 Å². The van der Waals surface area contributed by atoms with Crippen LogP contribution in [0.4, 0.5) is 4.39 Å². The molecule has 0 aliphatic carbocycles. The SMILES string of the molecule is CC.Cc1c(F)ccc2ccccc12. The molecule has 1 heteroatoms. The van der Waals surface area contributed by atoms with E-state index >= 15 is 0 Å². The Morgan fingerprint density at radius 1 is 0.929 bits per heavy atom. The van der Waals surface area contributed by atoms with E-state index in [4.69, 9.17) is 0 Å². The monoisotopic (exact) mass is 190 g/mol. The van der Waals surface area contributed by atoms with Crippen molar-refractivity contribution in [2.45, 2.75) is 20.8 Å². The second-order valence-corrected chi connectivity index (χ2v) is 2.89. The van der Waals surface area contributed by atoms with Crippen LogP contribution in [0.3, 0.4) is 0 Å². The molecule has 0 amide bonds. The number of halogens is 1. The molecule has 0 fully saturated rings. The third kappa shape index (κ3) is 1.92. The van der Waals surface area contributed by atoms with Crippen molar-refractivity contribution in [3.8, 4) is 0 Å². The molecule has 0 spiro atoms. The molecule has 2 rings (SSSR count). The average molecular weight is 190 g/mol. The first-order valence-electron chi connectivity index (χ1n) is 4.93. The fraction of sp³-hybridized carbons (Fsp3) is 0.231. The average Bonchev–Trinajstić information content (AvgIpc) is 2.27. The second kappa shape index (κ2) is 4.75. The van der Waals surface area contributed by atoms with E-state index in [1.54, 1.807) is 13.0 Å². The third-order valence-electron chi connectivity index (χ3n) is 2.13. The fourth-order valence-electron chi connectivity index (χ4n) is 1.40. The van der Waals surface area contributed by atoms with E-state index in [9.17, 15) is 4.39 Å². The van der Waals surface area contributed by atoms with E-state index in [1.165, 1.54) is 6.07 Å². The molecule has 0 radical (unpaired) electrons. The molecule has 2 aromatic carbocycles. The molecule has 0 aliphatic heterocycles. The Balaban J connectivity index is 0.000000461. The maximum absolute atomic E-state index is 13.0. The van der Waals surface area contributed by atoms with Gasteiger partial charge in [0.15, 0.2) is 0 Å². The quantitative estimate of drug-likeness (QED) is 0.580. The molecule has 0 bridgehead atoms. The zero-order valence-corrected chi connectivity index (χ0v) is 8.84. The number of benzene rings is 2. The van der Waals surface area contributed by atoms with Gasteiger partial charge in [0.05, 0.1) is 0 Å². The topological polar surface area (TPSA) is 0 Å². The summed E-state index contributed by atoms with van der Waals surface area (Å²) in [5.41, 5.74) is 0.730. The lowest BCUT2D eigenvalue weighted by atomic mass is 10.1. The van der Waals surface area contributed by atoms with Crippen LogP contribution in [0, 0.1) is 12.7 Å². The maximum Gasteiger partial charge on any atom is 0.126 e. The summed E-state index contributed by atoms with van der Waals surface area (Å²) in [6.45, 7) is 5.80. The normalized spacial score (nSPS) is 9.43. The molecular formula is C13H15F. The van der Waals surface area contributed by atoms with Crippen molar-refractivity contribution >= 4 is 10.8 Å². The first kappa shape index (κ1) is 10.7. The highest BCUT2D eigenvalue weighted by atomic mass is 19.1. The van der Waals surface area contributed by atoms with Gasteiger partial charge < -0.3 is 0 Å². The van der Waals surface area contributed by atoms with Gasteiger partial charge in [0.25, 0.3) is 0 Å². The van der Waals surface area contributed by atoms with Gasteiger partial charge in [-0.1, -0.05) is 44.2 Å². The minimum absolute atomic E-state index is 0.131. The second-order valence-electron chi connectivity index (χ2n) is 2.89. The van der Waals surface area contributed by atoms with E-state index in [-0.39, 0.29) is 5.82 Å². The Morgan fingerprint density at radius 2 is 1.57 bits per heavy atom. The summed E-state index contributed by atoms with van der Waals surface area (Å²) in [7, 11) is 0. The molecule has 0 nitrogen and oxygen atoms in total. The highest BCUT2D eigenvalue weighted by molar-refractivity contribution is 5.85. The first-order valence-corrected chi connectivity index (χ1v) is 4.93. The summed E-state index contributed by atoms with van der Waals surface area (Å²) < 4.78 is 13.0. The molecule has 0 N–H and O–H groups in total. The molecule has 0 aliphatic rings. The van der Waals surface area contributed by atoms with E-state index in [1.807, 2.05) is 38.1 Å². The minimum Gasteiger partial charge on any atom is -0.207 e. The Labute approximate surface area is 84.4 Å². The zero-order valence-electron chi connectivity index (χ0n) is 8.84. The smallest absolute Gasteiger partial charge is 0.126 e. The number of hydrogen-bond acceptors (Lipinski definition) is 0.